The number of rotatable bonds is 4. The molecule has 104 valence electrons. The number of carboxylic acid groups (broad SMARTS) is 1. The van der Waals surface area contributed by atoms with Gasteiger partial charge in [0.2, 0.25) is 5.91 Å². The van der Waals surface area contributed by atoms with Crippen LogP contribution in [0.4, 0.5) is 0 Å². The topological polar surface area (TPSA) is 79.3 Å². The summed E-state index contributed by atoms with van der Waals surface area (Å²) in [4.78, 5) is 28.1. The molecule has 1 fully saturated rings. The zero-order chi connectivity index (χ0) is 13.8. The van der Waals surface area contributed by atoms with Gasteiger partial charge < -0.3 is 10.4 Å². The van der Waals surface area contributed by atoms with Crippen LogP contribution in [0.1, 0.15) is 35.6 Å². The average Bonchev–Trinajstić information content (AvgIpc) is 2.82. The molecule has 0 spiro atoms. The number of aromatic nitrogens is 1. The maximum absolute atomic E-state index is 12.0. The van der Waals surface area contributed by atoms with Gasteiger partial charge in [0, 0.05) is 17.0 Å². The lowest BCUT2D eigenvalue weighted by Gasteiger charge is -2.25. The fourth-order valence-electron chi connectivity index (χ4n) is 2.46. The minimum absolute atomic E-state index is 0.0306. The van der Waals surface area contributed by atoms with Crippen LogP contribution in [0, 0.1) is 18.8 Å². The smallest absolute Gasteiger partial charge is 0.306 e. The third-order valence-electron chi connectivity index (χ3n) is 3.50. The van der Waals surface area contributed by atoms with Gasteiger partial charge in [-0.05, 0) is 26.2 Å². The highest BCUT2D eigenvalue weighted by molar-refractivity contribution is 7.11. The first kappa shape index (κ1) is 14.0. The molecule has 2 unspecified atom stereocenters. The van der Waals surface area contributed by atoms with E-state index in [1.807, 2.05) is 6.92 Å². The second-order valence-electron chi connectivity index (χ2n) is 4.96. The molecule has 1 aliphatic rings. The van der Waals surface area contributed by atoms with Crippen LogP contribution in [-0.4, -0.2) is 22.0 Å². The standard InChI is InChI=1S/C13H18N2O3S/c1-8-14-6-11(19-8)7-15-12(16)9-3-2-4-10(5-9)13(17)18/h6,9-10H,2-5,7H2,1H3,(H,15,16)(H,17,18). The van der Waals surface area contributed by atoms with Gasteiger partial charge in [-0.25, -0.2) is 4.98 Å². The maximum atomic E-state index is 12.0. The van der Waals surface area contributed by atoms with Crippen molar-refractivity contribution in [2.24, 2.45) is 11.8 Å². The number of hydrogen-bond donors (Lipinski definition) is 2. The zero-order valence-electron chi connectivity index (χ0n) is 10.9. The van der Waals surface area contributed by atoms with E-state index in [1.54, 1.807) is 17.5 Å². The van der Waals surface area contributed by atoms with Crippen LogP contribution >= 0.6 is 11.3 Å². The third kappa shape index (κ3) is 3.76. The molecule has 1 saturated carbocycles. The summed E-state index contributed by atoms with van der Waals surface area (Å²) in [6, 6.07) is 0. The number of nitrogens with zero attached hydrogens (tertiary/aromatic N) is 1. The Labute approximate surface area is 116 Å². The van der Waals surface area contributed by atoms with Crippen LogP contribution in [0.15, 0.2) is 6.20 Å². The number of carboxylic acids is 1. The highest BCUT2D eigenvalue weighted by Crippen LogP contribution is 2.29. The van der Waals surface area contributed by atoms with E-state index in [2.05, 4.69) is 10.3 Å². The summed E-state index contributed by atoms with van der Waals surface area (Å²) >= 11 is 1.56. The molecular formula is C13H18N2O3S. The quantitative estimate of drug-likeness (QED) is 0.884. The molecule has 19 heavy (non-hydrogen) atoms. The Morgan fingerprint density at radius 2 is 2.21 bits per heavy atom. The van der Waals surface area contributed by atoms with Gasteiger partial charge in [0.1, 0.15) is 0 Å². The van der Waals surface area contributed by atoms with Gasteiger partial charge in [-0.15, -0.1) is 11.3 Å². The minimum atomic E-state index is -0.782. The average molecular weight is 282 g/mol. The maximum Gasteiger partial charge on any atom is 0.306 e. The van der Waals surface area contributed by atoms with Crippen molar-refractivity contribution in [1.82, 2.24) is 10.3 Å². The Kier molecular flexibility index (Phi) is 4.52. The van der Waals surface area contributed by atoms with E-state index >= 15 is 0 Å². The molecule has 1 aliphatic carbocycles. The van der Waals surface area contributed by atoms with Gasteiger partial charge in [0.15, 0.2) is 0 Å². The van der Waals surface area contributed by atoms with Gasteiger partial charge in [-0.2, -0.15) is 0 Å². The van der Waals surface area contributed by atoms with Gasteiger partial charge in [0.25, 0.3) is 0 Å². The van der Waals surface area contributed by atoms with Gasteiger partial charge in [0.05, 0.1) is 17.5 Å². The van der Waals surface area contributed by atoms with E-state index in [0.717, 1.165) is 22.7 Å². The first-order chi connectivity index (χ1) is 9.06. The number of aryl methyl sites for hydroxylation is 1. The molecule has 0 aromatic carbocycles. The van der Waals surface area contributed by atoms with Crippen molar-refractivity contribution in [3.63, 3.8) is 0 Å². The summed E-state index contributed by atoms with van der Waals surface area (Å²) in [7, 11) is 0. The van der Waals surface area contributed by atoms with Crippen LogP contribution in [0.2, 0.25) is 0 Å². The Hall–Kier alpha value is -1.43. The summed E-state index contributed by atoms with van der Waals surface area (Å²) in [5.41, 5.74) is 0. The lowest BCUT2D eigenvalue weighted by Crippen LogP contribution is -2.35. The highest BCUT2D eigenvalue weighted by Gasteiger charge is 2.30. The monoisotopic (exact) mass is 282 g/mol. The van der Waals surface area contributed by atoms with Gasteiger partial charge in [-0.1, -0.05) is 6.42 Å². The molecule has 0 bridgehead atoms. The minimum Gasteiger partial charge on any atom is -0.481 e. The fraction of sp³-hybridized carbons (Fsp3) is 0.615. The predicted molar refractivity (Wildman–Crippen MR) is 71.8 cm³/mol. The number of carbonyl (C=O) groups excluding carboxylic acids is 1. The van der Waals surface area contributed by atoms with Gasteiger partial charge in [-0.3, -0.25) is 9.59 Å². The molecule has 1 aromatic heterocycles. The van der Waals surface area contributed by atoms with Gasteiger partial charge >= 0.3 is 5.97 Å². The second kappa shape index (κ2) is 6.14. The summed E-state index contributed by atoms with van der Waals surface area (Å²) in [5, 5.41) is 12.9. The number of aliphatic carboxylic acids is 1. The predicted octanol–water partition coefficient (Wildman–Crippen LogP) is 1.96. The number of carbonyl (C=O) groups is 2. The molecule has 0 radical (unpaired) electrons. The first-order valence-electron chi connectivity index (χ1n) is 6.48. The first-order valence-corrected chi connectivity index (χ1v) is 7.29. The van der Waals surface area contributed by atoms with E-state index in [0.29, 0.717) is 19.4 Å². The number of thiazole rings is 1. The molecule has 2 atom stereocenters. The molecule has 6 heteroatoms. The molecular weight excluding hydrogens is 264 g/mol. The normalized spacial score (nSPS) is 23.0. The van der Waals surface area contributed by atoms with Crippen molar-refractivity contribution in [3.05, 3.63) is 16.1 Å². The largest absolute Gasteiger partial charge is 0.481 e. The third-order valence-corrected chi connectivity index (χ3v) is 4.41. The van der Waals surface area contributed by atoms with E-state index in [1.165, 1.54) is 0 Å². The van der Waals surface area contributed by atoms with Crippen LogP contribution in [0.25, 0.3) is 0 Å². The summed E-state index contributed by atoms with van der Waals surface area (Å²) < 4.78 is 0. The molecule has 0 saturated heterocycles. The van der Waals surface area contributed by atoms with Crippen LogP contribution in [0.5, 0.6) is 0 Å². The molecule has 5 nitrogen and oxygen atoms in total. The zero-order valence-corrected chi connectivity index (χ0v) is 11.7. The van der Waals surface area contributed by atoms with E-state index < -0.39 is 5.97 Å². The lowest BCUT2D eigenvalue weighted by molar-refractivity contribution is -0.144. The second-order valence-corrected chi connectivity index (χ2v) is 6.28. The molecule has 1 aromatic rings. The highest BCUT2D eigenvalue weighted by atomic mass is 32.1. The van der Waals surface area contributed by atoms with E-state index in [4.69, 9.17) is 5.11 Å². The van der Waals surface area contributed by atoms with Crippen molar-refractivity contribution in [3.8, 4) is 0 Å². The Morgan fingerprint density at radius 1 is 1.47 bits per heavy atom. The SMILES string of the molecule is Cc1ncc(CNC(=O)C2CCCC(C(=O)O)C2)s1. The van der Waals surface area contributed by atoms with Crippen molar-refractivity contribution in [2.45, 2.75) is 39.2 Å². The number of nitrogens with one attached hydrogen (secondary N) is 1. The van der Waals surface area contributed by atoms with E-state index in [-0.39, 0.29) is 17.7 Å². The lowest BCUT2D eigenvalue weighted by atomic mass is 9.81. The molecule has 0 aliphatic heterocycles. The van der Waals surface area contributed by atoms with Crippen molar-refractivity contribution < 1.29 is 14.7 Å². The Morgan fingerprint density at radius 3 is 2.84 bits per heavy atom. The fourth-order valence-corrected chi connectivity index (χ4v) is 3.19. The van der Waals surface area contributed by atoms with Crippen molar-refractivity contribution >= 4 is 23.2 Å². The number of hydrogen-bond acceptors (Lipinski definition) is 4. The van der Waals surface area contributed by atoms with Crippen LogP contribution in [0.3, 0.4) is 0 Å². The molecule has 1 amide bonds. The summed E-state index contributed by atoms with van der Waals surface area (Å²) in [6.45, 7) is 2.41. The summed E-state index contributed by atoms with van der Waals surface area (Å²) in [6.07, 6.45) is 4.52. The Bertz CT molecular complexity index is 472. The van der Waals surface area contributed by atoms with Crippen molar-refractivity contribution in [2.75, 3.05) is 0 Å². The molecule has 2 N–H and O–H groups in total. The molecule has 1 heterocycles. The Balaban J connectivity index is 1.84. The molecule has 2 rings (SSSR count). The van der Waals surface area contributed by atoms with Crippen LogP contribution in [-0.2, 0) is 16.1 Å². The van der Waals surface area contributed by atoms with Crippen molar-refractivity contribution in [1.29, 1.82) is 0 Å². The van der Waals surface area contributed by atoms with E-state index in [9.17, 15) is 9.59 Å². The summed E-state index contributed by atoms with van der Waals surface area (Å²) in [5.74, 6) is -1.34. The number of amides is 1. The van der Waals surface area contributed by atoms with Crippen LogP contribution < -0.4 is 5.32 Å².